The van der Waals surface area contributed by atoms with E-state index in [1.54, 1.807) is 0 Å². The number of para-hydroxylation sites is 1. The van der Waals surface area contributed by atoms with Crippen molar-refractivity contribution in [2.24, 2.45) is 0 Å². The summed E-state index contributed by atoms with van der Waals surface area (Å²) in [5.41, 5.74) is 0. The van der Waals surface area contributed by atoms with E-state index in [1.165, 1.54) is 0 Å². The molecule has 4 nitrogen and oxygen atoms in total. The fourth-order valence-corrected chi connectivity index (χ4v) is 1.85. The largest absolute Gasteiger partial charge is 0.491 e. The lowest BCUT2D eigenvalue weighted by Crippen LogP contribution is -2.07. The van der Waals surface area contributed by atoms with Gasteiger partial charge in [-0.1, -0.05) is 37.5 Å². The summed E-state index contributed by atoms with van der Waals surface area (Å²) in [4.78, 5) is 10.3. The standard InChI is InChI=1S/C16H24O4/c17-16(18)11-7-2-1-3-8-12-19-13-14-20-15-9-5-4-6-10-15/h4-6,9-10H,1-3,7-8,11-14H2,(H,17,18). The van der Waals surface area contributed by atoms with Crippen molar-refractivity contribution in [3.63, 3.8) is 0 Å². The molecule has 4 heteroatoms. The van der Waals surface area contributed by atoms with Crippen molar-refractivity contribution < 1.29 is 19.4 Å². The van der Waals surface area contributed by atoms with E-state index in [1.807, 2.05) is 30.3 Å². The van der Waals surface area contributed by atoms with Crippen molar-refractivity contribution in [3.8, 4) is 5.75 Å². The fourth-order valence-electron chi connectivity index (χ4n) is 1.85. The van der Waals surface area contributed by atoms with Crippen LogP contribution in [0.1, 0.15) is 38.5 Å². The molecule has 1 aromatic carbocycles. The van der Waals surface area contributed by atoms with Gasteiger partial charge in [0.2, 0.25) is 0 Å². The van der Waals surface area contributed by atoms with Gasteiger partial charge in [-0.05, 0) is 25.0 Å². The van der Waals surface area contributed by atoms with E-state index in [9.17, 15) is 4.79 Å². The molecule has 0 unspecified atom stereocenters. The average molecular weight is 280 g/mol. The summed E-state index contributed by atoms with van der Waals surface area (Å²) in [5.74, 6) is 0.168. The third kappa shape index (κ3) is 9.39. The number of carboxylic acids is 1. The molecule has 0 fully saturated rings. The zero-order chi connectivity index (χ0) is 14.5. The van der Waals surface area contributed by atoms with E-state index in [2.05, 4.69) is 0 Å². The topological polar surface area (TPSA) is 55.8 Å². The third-order valence-corrected chi connectivity index (χ3v) is 2.92. The molecular formula is C16H24O4. The molecule has 0 spiro atoms. The number of ether oxygens (including phenoxy) is 2. The Balaban J connectivity index is 1.80. The van der Waals surface area contributed by atoms with Crippen LogP contribution in [-0.2, 0) is 9.53 Å². The number of aliphatic carboxylic acids is 1. The summed E-state index contributed by atoms with van der Waals surface area (Å²) in [6.07, 6.45) is 5.26. The Morgan fingerprint density at radius 1 is 0.900 bits per heavy atom. The Morgan fingerprint density at radius 2 is 1.60 bits per heavy atom. The normalized spacial score (nSPS) is 10.4. The van der Waals surface area contributed by atoms with Gasteiger partial charge < -0.3 is 14.6 Å². The zero-order valence-corrected chi connectivity index (χ0v) is 11.9. The lowest BCUT2D eigenvalue weighted by atomic mass is 10.1. The molecule has 1 aromatic rings. The molecule has 1 N–H and O–H groups in total. The summed E-state index contributed by atoms with van der Waals surface area (Å²) in [6, 6.07) is 9.70. The van der Waals surface area contributed by atoms with Crippen molar-refractivity contribution in [2.75, 3.05) is 19.8 Å². The molecule has 0 aliphatic heterocycles. The van der Waals surface area contributed by atoms with Crippen LogP contribution in [0.25, 0.3) is 0 Å². The third-order valence-electron chi connectivity index (χ3n) is 2.92. The van der Waals surface area contributed by atoms with Gasteiger partial charge in [-0.25, -0.2) is 0 Å². The first kappa shape index (κ1) is 16.5. The first-order chi connectivity index (χ1) is 9.79. The molecule has 0 radical (unpaired) electrons. The Hall–Kier alpha value is -1.55. The minimum atomic E-state index is -0.702. The molecule has 0 saturated heterocycles. The molecular weight excluding hydrogens is 256 g/mol. The first-order valence-corrected chi connectivity index (χ1v) is 7.26. The van der Waals surface area contributed by atoms with Crippen LogP contribution >= 0.6 is 0 Å². The second kappa shape index (κ2) is 11.3. The SMILES string of the molecule is O=C(O)CCCCCCCOCCOc1ccccc1. The first-order valence-electron chi connectivity index (χ1n) is 7.26. The van der Waals surface area contributed by atoms with E-state index in [-0.39, 0.29) is 6.42 Å². The predicted octanol–water partition coefficient (Wildman–Crippen LogP) is 3.51. The fraction of sp³-hybridized carbons (Fsp3) is 0.562. The van der Waals surface area contributed by atoms with Crippen LogP contribution in [0.2, 0.25) is 0 Å². The lowest BCUT2D eigenvalue weighted by molar-refractivity contribution is -0.137. The van der Waals surface area contributed by atoms with Gasteiger partial charge in [-0.15, -0.1) is 0 Å². The van der Waals surface area contributed by atoms with Gasteiger partial charge in [-0.3, -0.25) is 4.79 Å². The van der Waals surface area contributed by atoms with Crippen molar-refractivity contribution in [1.82, 2.24) is 0 Å². The molecule has 0 aliphatic rings. The maximum atomic E-state index is 10.3. The van der Waals surface area contributed by atoms with Gasteiger partial charge in [0, 0.05) is 13.0 Å². The van der Waals surface area contributed by atoms with Crippen LogP contribution in [0, 0.1) is 0 Å². The van der Waals surface area contributed by atoms with Gasteiger partial charge in [0.25, 0.3) is 0 Å². The highest BCUT2D eigenvalue weighted by atomic mass is 16.5. The molecule has 0 aromatic heterocycles. The highest BCUT2D eigenvalue weighted by Crippen LogP contribution is 2.08. The molecule has 0 aliphatic carbocycles. The van der Waals surface area contributed by atoms with E-state index in [0.717, 1.165) is 44.5 Å². The lowest BCUT2D eigenvalue weighted by Gasteiger charge is -2.07. The van der Waals surface area contributed by atoms with Crippen LogP contribution in [-0.4, -0.2) is 30.9 Å². The number of carbonyl (C=O) groups is 1. The summed E-state index contributed by atoms with van der Waals surface area (Å²) < 4.78 is 11.0. The van der Waals surface area contributed by atoms with E-state index in [4.69, 9.17) is 14.6 Å². The minimum absolute atomic E-state index is 0.285. The summed E-state index contributed by atoms with van der Waals surface area (Å²) in [5, 5.41) is 8.49. The molecule has 1 rings (SSSR count). The molecule has 0 amide bonds. The highest BCUT2D eigenvalue weighted by Gasteiger charge is 1.97. The molecule has 0 bridgehead atoms. The van der Waals surface area contributed by atoms with Gasteiger partial charge in [0.1, 0.15) is 12.4 Å². The summed E-state index contributed by atoms with van der Waals surface area (Å²) >= 11 is 0. The Labute approximate surface area is 120 Å². The van der Waals surface area contributed by atoms with Crippen molar-refractivity contribution >= 4 is 5.97 Å². The number of carboxylic acid groups (broad SMARTS) is 1. The zero-order valence-electron chi connectivity index (χ0n) is 11.9. The van der Waals surface area contributed by atoms with E-state index < -0.39 is 5.97 Å². The number of rotatable bonds is 12. The summed E-state index contributed by atoms with van der Waals surface area (Å²) in [7, 11) is 0. The maximum absolute atomic E-state index is 10.3. The van der Waals surface area contributed by atoms with Crippen LogP contribution in [0.5, 0.6) is 5.75 Å². The van der Waals surface area contributed by atoms with Crippen LogP contribution in [0.4, 0.5) is 0 Å². The Morgan fingerprint density at radius 3 is 2.35 bits per heavy atom. The number of hydrogen-bond donors (Lipinski definition) is 1. The van der Waals surface area contributed by atoms with Gasteiger partial charge in [0.15, 0.2) is 0 Å². The second-order valence-electron chi connectivity index (χ2n) is 4.69. The molecule has 0 atom stereocenters. The van der Waals surface area contributed by atoms with Crippen molar-refractivity contribution in [1.29, 1.82) is 0 Å². The van der Waals surface area contributed by atoms with Crippen molar-refractivity contribution in [2.45, 2.75) is 38.5 Å². The van der Waals surface area contributed by atoms with Crippen LogP contribution in [0.3, 0.4) is 0 Å². The number of hydrogen-bond acceptors (Lipinski definition) is 3. The monoisotopic (exact) mass is 280 g/mol. The quantitative estimate of drug-likeness (QED) is 0.595. The molecule has 20 heavy (non-hydrogen) atoms. The Bertz CT molecular complexity index is 351. The molecule has 0 heterocycles. The van der Waals surface area contributed by atoms with Gasteiger partial charge in [-0.2, -0.15) is 0 Å². The molecule has 112 valence electrons. The van der Waals surface area contributed by atoms with E-state index in [0.29, 0.717) is 13.2 Å². The minimum Gasteiger partial charge on any atom is -0.491 e. The molecule has 0 saturated carbocycles. The highest BCUT2D eigenvalue weighted by molar-refractivity contribution is 5.66. The van der Waals surface area contributed by atoms with Crippen LogP contribution < -0.4 is 4.74 Å². The second-order valence-corrected chi connectivity index (χ2v) is 4.69. The van der Waals surface area contributed by atoms with Gasteiger partial charge >= 0.3 is 5.97 Å². The number of benzene rings is 1. The smallest absolute Gasteiger partial charge is 0.303 e. The number of unbranched alkanes of at least 4 members (excludes halogenated alkanes) is 4. The van der Waals surface area contributed by atoms with E-state index >= 15 is 0 Å². The van der Waals surface area contributed by atoms with Crippen molar-refractivity contribution in [3.05, 3.63) is 30.3 Å². The summed E-state index contributed by atoms with van der Waals surface area (Å²) in [6.45, 7) is 1.92. The van der Waals surface area contributed by atoms with Gasteiger partial charge in [0.05, 0.1) is 6.61 Å². The van der Waals surface area contributed by atoms with Crippen LogP contribution in [0.15, 0.2) is 30.3 Å². The maximum Gasteiger partial charge on any atom is 0.303 e. The average Bonchev–Trinajstić information content (AvgIpc) is 2.45. The Kier molecular flexibility index (Phi) is 9.32. The predicted molar refractivity (Wildman–Crippen MR) is 78.1 cm³/mol.